The maximum absolute atomic E-state index is 3.45. The Bertz CT molecular complexity index is 206. The fourth-order valence-corrected chi connectivity index (χ4v) is 1.22. The average molecular weight is 284 g/mol. The Morgan fingerprint density at radius 3 is 1.55 bits per heavy atom. The molecule has 0 aliphatic heterocycles. The van der Waals surface area contributed by atoms with Crippen LogP contribution >= 0.6 is 0 Å². The Kier molecular flexibility index (Phi) is 42.5. The van der Waals surface area contributed by atoms with Crippen molar-refractivity contribution in [3.8, 4) is 0 Å². The summed E-state index contributed by atoms with van der Waals surface area (Å²) in [5.41, 5.74) is 1.37. The molecule has 0 aliphatic rings. The second kappa shape index (κ2) is 30.9. The van der Waals surface area contributed by atoms with Gasteiger partial charge in [0.05, 0.1) is 0 Å². The molecule has 1 aromatic carbocycles. The fraction of sp³-hybridized carbons (Fsp3) is 0.684. The largest absolute Gasteiger partial charge is 0.310 e. The Balaban J connectivity index is -0.000000138. The van der Waals surface area contributed by atoms with Crippen LogP contribution in [0.2, 0.25) is 0 Å². The Labute approximate surface area is 130 Å². The quantitative estimate of drug-likeness (QED) is 0.637. The summed E-state index contributed by atoms with van der Waals surface area (Å²) >= 11 is 0. The summed E-state index contributed by atoms with van der Waals surface area (Å²) in [6, 6.07) is 11.0. The monoisotopic (exact) mass is 283 g/mol. The minimum Gasteiger partial charge on any atom is -0.310 e. The number of benzene rings is 1. The molecule has 0 spiro atoms. The molecule has 0 aliphatic carbocycles. The molecule has 0 heterocycles. The zero-order valence-corrected chi connectivity index (χ0v) is 15.9. The first-order chi connectivity index (χ1) is 9.84. The molecule has 0 saturated heterocycles. The summed E-state index contributed by atoms with van der Waals surface area (Å²) in [6.45, 7) is 21.5. The zero-order chi connectivity index (χ0) is 16.8. The lowest BCUT2D eigenvalue weighted by Crippen LogP contribution is -2.18. The number of nitrogens with one attached hydrogen (secondary N) is 1. The fourth-order valence-electron chi connectivity index (χ4n) is 1.22. The minimum absolute atomic E-state index is 0.478. The standard InChI is InChI=1S/C11H17N.4C2H6/c1-3-9-12-10(2)11-7-5-4-6-8-11;4*1-2/h4-8,10,12H,3,9H2,1-2H3;4*1-2H3. The zero-order valence-electron chi connectivity index (χ0n) is 15.9. The van der Waals surface area contributed by atoms with Crippen LogP contribution in [0.15, 0.2) is 30.3 Å². The van der Waals surface area contributed by atoms with Gasteiger partial charge in [0.2, 0.25) is 0 Å². The highest BCUT2D eigenvalue weighted by Crippen LogP contribution is 2.10. The summed E-state index contributed by atoms with van der Waals surface area (Å²) in [5, 5.41) is 3.45. The summed E-state index contributed by atoms with van der Waals surface area (Å²) in [4.78, 5) is 0. The third kappa shape index (κ3) is 19.5. The Morgan fingerprint density at radius 2 is 1.20 bits per heavy atom. The molecule has 0 bridgehead atoms. The van der Waals surface area contributed by atoms with Gasteiger partial charge in [0, 0.05) is 6.04 Å². The van der Waals surface area contributed by atoms with Crippen molar-refractivity contribution in [3.63, 3.8) is 0 Å². The Morgan fingerprint density at radius 1 is 0.800 bits per heavy atom. The maximum atomic E-state index is 3.45. The molecule has 1 atom stereocenters. The van der Waals surface area contributed by atoms with Gasteiger partial charge in [-0.3, -0.25) is 0 Å². The molecule has 0 saturated carbocycles. The van der Waals surface area contributed by atoms with Gasteiger partial charge in [-0.2, -0.15) is 0 Å². The van der Waals surface area contributed by atoms with Crippen LogP contribution in [0.25, 0.3) is 0 Å². The second-order valence-electron chi connectivity index (χ2n) is 3.09. The van der Waals surface area contributed by atoms with Crippen molar-refractivity contribution in [1.82, 2.24) is 5.32 Å². The maximum Gasteiger partial charge on any atom is 0.0291 e. The lowest BCUT2D eigenvalue weighted by molar-refractivity contribution is 0.571. The van der Waals surface area contributed by atoms with Gasteiger partial charge in [-0.15, -0.1) is 0 Å². The van der Waals surface area contributed by atoms with Crippen LogP contribution in [0, 0.1) is 0 Å². The molecule has 0 amide bonds. The van der Waals surface area contributed by atoms with Crippen LogP contribution in [-0.2, 0) is 0 Å². The van der Waals surface area contributed by atoms with E-state index in [1.54, 1.807) is 0 Å². The molecule has 0 fully saturated rings. The van der Waals surface area contributed by atoms with E-state index in [-0.39, 0.29) is 0 Å². The number of hydrogen-bond donors (Lipinski definition) is 1. The summed E-state index contributed by atoms with van der Waals surface area (Å²) in [5.74, 6) is 0. The molecule has 0 aromatic heterocycles. The van der Waals surface area contributed by atoms with E-state index in [2.05, 4.69) is 49.5 Å². The van der Waals surface area contributed by atoms with E-state index in [1.807, 2.05) is 55.4 Å². The second-order valence-corrected chi connectivity index (χ2v) is 3.09. The van der Waals surface area contributed by atoms with Gasteiger partial charge in [0.25, 0.3) is 0 Å². The predicted octanol–water partition coefficient (Wildman–Crippen LogP) is 6.85. The van der Waals surface area contributed by atoms with Gasteiger partial charge in [-0.1, -0.05) is 92.6 Å². The van der Waals surface area contributed by atoms with Crippen LogP contribution in [0.3, 0.4) is 0 Å². The molecule has 1 rings (SSSR count). The molecule has 1 nitrogen and oxygen atoms in total. The van der Waals surface area contributed by atoms with Gasteiger partial charge in [-0.25, -0.2) is 0 Å². The SMILES string of the molecule is CC.CC.CC.CC.CCCNC(C)c1ccccc1. The summed E-state index contributed by atoms with van der Waals surface area (Å²) in [7, 11) is 0. The van der Waals surface area contributed by atoms with Crippen LogP contribution in [0.4, 0.5) is 0 Å². The number of rotatable bonds is 4. The van der Waals surface area contributed by atoms with Crippen molar-refractivity contribution in [2.75, 3.05) is 6.54 Å². The third-order valence-corrected chi connectivity index (χ3v) is 2.00. The van der Waals surface area contributed by atoms with Crippen LogP contribution in [-0.4, -0.2) is 6.54 Å². The van der Waals surface area contributed by atoms with Gasteiger partial charge in [0.1, 0.15) is 0 Å². The van der Waals surface area contributed by atoms with Crippen molar-refractivity contribution in [2.24, 2.45) is 0 Å². The summed E-state index contributed by atoms with van der Waals surface area (Å²) < 4.78 is 0. The minimum atomic E-state index is 0.478. The first-order valence-electron chi connectivity index (χ1n) is 8.63. The topological polar surface area (TPSA) is 12.0 Å². The lowest BCUT2D eigenvalue weighted by atomic mass is 10.1. The van der Waals surface area contributed by atoms with Crippen LogP contribution in [0.5, 0.6) is 0 Å². The van der Waals surface area contributed by atoms with Crippen LogP contribution in [0.1, 0.15) is 87.3 Å². The smallest absolute Gasteiger partial charge is 0.0291 e. The first kappa shape index (κ1) is 27.5. The van der Waals surface area contributed by atoms with E-state index < -0.39 is 0 Å². The molecule has 1 N–H and O–H groups in total. The normalized spacial score (nSPS) is 8.90. The number of hydrogen-bond acceptors (Lipinski definition) is 1. The third-order valence-electron chi connectivity index (χ3n) is 2.00. The van der Waals surface area contributed by atoms with E-state index >= 15 is 0 Å². The summed E-state index contributed by atoms with van der Waals surface area (Å²) in [6.07, 6.45) is 1.19. The molecule has 1 unspecified atom stereocenters. The van der Waals surface area contributed by atoms with Crippen LogP contribution < -0.4 is 5.32 Å². The molecular weight excluding hydrogens is 242 g/mol. The van der Waals surface area contributed by atoms with Gasteiger partial charge in [-0.05, 0) is 25.5 Å². The van der Waals surface area contributed by atoms with E-state index in [0.29, 0.717) is 6.04 Å². The van der Waals surface area contributed by atoms with Crippen molar-refractivity contribution in [1.29, 1.82) is 0 Å². The van der Waals surface area contributed by atoms with E-state index in [9.17, 15) is 0 Å². The van der Waals surface area contributed by atoms with E-state index in [1.165, 1.54) is 12.0 Å². The first-order valence-corrected chi connectivity index (χ1v) is 8.63. The van der Waals surface area contributed by atoms with Gasteiger partial charge in [0.15, 0.2) is 0 Å². The molecular formula is C19H41N. The van der Waals surface area contributed by atoms with E-state index in [0.717, 1.165) is 6.54 Å². The van der Waals surface area contributed by atoms with Gasteiger partial charge >= 0.3 is 0 Å². The predicted molar refractivity (Wildman–Crippen MR) is 98.5 cm³/mol. The van der Waals surface area contributed by atoms with Crippen molar-refractivity contribution in [3.05, 3.63) is 35.9 Å². The average Bonchev–Trinajstić information content (AvgIpc) is 2.60. The van der Waals surface area contributed by atoms with Crippen molar-refractivity contribution >= 4 is 0 Å². The molecule has 1 heteroatoms. The van der Waals surface area contributed by atoms with Gasteiger partial charge < -0.3 is 5.32 Å². The lowest BCUT2D eigenvalue weighted by Gasteiger charge is -2.12. The van der Waals surface area contributed by atoms with E-state index in [4.69, 9.17) is 0 Å². The Hall–Kier alpha value is -0.820. The highest BCUT2D eigenvalue weighted by atomic mass is 14.9. The molecule has 122 valence electrons. The molecule has 1 aromatic rings. The molecule has 20 heavy (non-hydrogen) atoms. The highest BCUT2D eigenvalue weighted by molar-refractivity contribution is 5.17. The molecule has 0 radical (unpaired) electrons. The van der Waals surface area contributed by atoms with Crippen molar-refractivity contribution in [2.45, 2.75) is 81.7 Å². The highest BCUT2D eigenvalue weighted by Gasteiger charge is 2.00. The van der Waals surface area contributed by atoms with Crippen molar-refractivity contribution < 1.29 is 0 Å².